The first-order valence-corrected chi connectivity index (χ1v) is 5.00. The minimum atomic E-state index is 0.371. The number of guanidine groups is 1. The van der Waals surface area contributed by atoms with Crippen molar-refractivity contribution >= 4 is 5.96 Å². The highest BCUT2D eigenvalue weighted by molar-refractivity contribution is 5.78. The number of oxime groups is 1. The van der Waals surface area contributed by atoms with Gasteiger partial charge in [0.05, 0.1) is 0 Å². The summed E-state index contributed by atoms with van der Waals surface area (Å²) in [5.74, 6) is 0.513. The van der Waals surface area contributed by atoms with E-state index in [0.717, 1.165) is 19.4 Å². The summed E-state index contributed by atoms with van der Waals surface area (Å²) in [4.78, 5) is 1.75. The molecular formula is C10H23N3O. The molecule has 0 amide bonds. The highest BCUT2D eigenvalue weighted by atomic mass is 16.4. The van der Waals surface area contributed by atoms with Gasteiger partial charge in [0.25, 0.3) is 0 Å². The second-order valence-corrected chi connectivity index (χ2v) is 4.91. The molecule has 14 heavy (non-hydrogen) atoms. The highest BCUT2D eigenvalue weighted by Gasteiger charge is 2.09. The van der Waals surface area contributed by atoms with E-state index >= 15 is 0 Å². The Morgan fingerprint density at radius 2 is 1.93 bits per heavy atom. The Bertz CT molecular complexity index is 182. The van der Waals surface area contributed by atoms with Crippen LogP contribution in [0, 0.1) is 5.41 Å². The zero-order valence-corrected chi connectivity index (χ0v) is 9.96. The maximum atomic E-state index is 8.64. The van der Waals surface area contributed by atoms with Gasteiger partial charge in [-0.3, -0.25) is 0 Å². The minimum Gasteiger partial charge on any atom is -0.408 e. The SMILES string of the molecule is CN(C)/C(=N\O)NCCCC(C)(C)C. The van der Waals surface area contributed by atoms with E-state index in [9.17, 15) is 0 Å². The van der Waals surface area contributed by atoms with E-state index in [1.807, 2.05) is 14.1 Å². The number of hydrogen-bond acceptors (Lipinski definition) is 2. The second-order valence-electron chi connectivity index (χ2n) is 4.91. The number of nitrogens with zero attached hydrogens (tertiary/aromatic N) is 2. The first-order chi connectivity index (χ1) is 6.37. The number of rotatable bonds is 3. The van der Waals surface area contributed by atoms with Gasteiger partial charge in [-0.05, 0) is 18.3 Å². The van der Waals surface area contributed by atoms with Crippen LogP contribution in [-0.2, 0) is 0 Å². The van der Waals surface area contributed by atoms with E-state index in [-0.39, 0.29) is 0 Å². The normalized spacial score (nSPS) is 12.8. The van der Waals surface area contributed by atoms with Crippen LogP contribution < -0.4 is 5.32 Å². The summed E-state index contributed by atoms with van der Waals surface area (Å²) in [6.07, 6.45) is 2.24. The van der Waals surface area contributed by atoms with Crippen LogP contribution in [0.4, 0.5) is 0 Å². The number of hydrogen-bond donors (Lipinski definition) is 2. The first kappa shape index (κ1) is 13.1. The van der Waals surface area contributed by atoms with Crippen molar-refractivity contribution in [3.05, 3.63) is 0 Å². The van der Waals surface area contributed by atoms with Gasteiger partial charge in [0.1, 0.15) is 0 Å². The molecule has 0 radical (unpaired) electrons. The van der Waals surface area contributed by atoms with Crippen molar-refractivity contribution in [1.82, 2.24) is 10.2 Å². The molecule has 0 saturated carbocycles. The smallest absolute Gasteiger partial charge is 0.235 e. The predicted octanol–water partition coefficient (Wildman–Crippen LogP) is 1.71. The van der Waals surface area contributed by atoms with E-state index in [4.69, 9.17) is 5.21 Å². The zero-order valence-electron chi connectivity index (χ0n) is 9.96. The molecule has 0 aliphatic carbocycles. The predicted molar refractivity (Wildman–Crippen MR) is 59.6 cm³/mol. The molecule has 0 rings (SSSR count). The molecule has 0 aromatic carbocycles. The lowest BCUT2D eigenvalue weighted by Crippen LogP contribution is -2.37. The molecule has 4 nitrogen and oxygen atoms in total. The van der Waals surface area contributed by atoms with Crippen LogP contribution in [-0.4, -0.2) is 36.7 Å². The summed E-state index contributed by atoms with van der Waals surface area (Å²) in [6.45, 7) is 7.51. The van der Waals surface area contributed by atoms with Crippen molar-refractivity contribution in [2.45, 2.75) is 33.6 Å². The molecule has 0 aliphatic rings. The van der Waals surface area contributed by atoms with E-state index in [0.29, 0.717) is 11.4 Å². The van der Waals surface area contributed by atoms with Gasteiger partial charge in [-0.25, -0.2) is 0 Å². The third kappa shape index (κ3) is 6.57. The van der Waals surface area contributed by atoms with Crippen molar-refractivity contribution in [2.75, 3.05) is 20.6 Å². The van der Waals surface area contributed by atoms with Gasteiger partial charge in [-0.1, -0.05) is 25.9 Å². The zero-order chi connectivity index (χ0) is 11.2. The fourth-order valence-corrected chi connectivity index (χ4v) is 1.10. The Kier molecular flexibility index (Phi) is 5.35. The van der Waals surface area contributed by atoms with Gasteiger partial charge in [0.15, 0.2) is 0 Å². The topological polar surface area (TPSA) is 47.9 Å². The van der Waals surface area contributed by atoms with Crippen LogP contribution >= 0.6 is 0 Å². The van der Waals surface area contributed by atoms with Crippen LogP contribution in [0.3, 0.4) is 0 Å². The van der Waals surface area contributed by atoms with Crippen LogP contribution in [0.2, 0.25) is 0 Å². The quantitative estimate of drug-likeness (QED) is 0.240. The average Bonchev–Trinajstić information content (AvgIpc) is 2.01. The Balaban J connectivity index is 3.64. The summed E-state index contributed by atoms with van der Waals surface area (Å²) in [5.41, 5.74) is 0.371. The summed E-state index contributed by atoms with van der Waals surface area (Å²) < 4.78 is 0. The highest BCUT2D eigenvalue weighted by Crippen LogP contribution is 2.19. The van der Waals surface area contributed by atoms with Crippen LogP contribution in [0.5, 0.6) is 0 Å². The standard InChI is InChI=1S/C10H23N3O/c1-10(2,3)7-6-8-11-9(12-14)13(4)5/h14H,6-8H2,1-5H3,(H,11,12). The van der Waals surface area contributed by atoms with Crippen LogP contribution in [0.15, 0.2) is 5.16 Å². The summed E-state index contributed by atoms with van der Waals surface area (Å²) in [7, 11) is 3.68. The molecule has 0 heterocycles. The molecule has 0 bridgehead atoms. The van der Waals surface area contributed by atoms with Crippen molar-refractivity contribution in [1.29, 1.82) is 0 Å². The molecular weight excluding hydrogens is 178 g/mol. The van der Waals surface area contributed by atoms with Crippen LogP contribution in [0.1, 0.15) is 33.6 Å². The molecule has 0 saturated heterocycles. The van der Waals surface area contributed by atoms with Gasteiger partial charge in [-0.15, -0.1) is 0 Å². The minimum absolute atomic E-state index is 0.371. The molecule has 0 fully saturated rings. The van der Waals surface area contributed by atoms with Gasteiger partial charge in [0.2, 0.25) is 5.96 Å². The van der Waals surface area contributed by atoms with Crippen molar-refractivity contribution in [3.8, 4) is 0 Å². The third-order valence-corrected chi connectivity index (χ3v) is 1.90. The van der Waals surface area contributed by atoms with Crippen molar-refractivity contribution in [3.63, 3.8) is 0 Å². The molecule has 84 valence electrons. The summed E-state index contributed by atoms with van der Waals surface area (Å²) in [6, 6.07) is 0. The lowest BCUT2D eigenvalue weighted by molar-refractivity contribution is 0.304. The molecule has 0 aliphatic heterocycles. The van der Waals surface area contributed by atoms with E-state index in [1.165, 1.54) is 0 Å². The maximum absolute atomic E-state index is 8.64. The lowest BCUT2D eigenvalue weighted by Gasteiger charge is -2.19. The van der Waals surface area contributed by atoms with Crippen LogP contribution in [0.25, 0.3) is 0 Å². The Morgan fingerprint density at radius 3 is 2.29 bits per heavy atom. The Labute approximate surface area is 87.0 Å². The van der Waals surface area contributed by atoms with Crippen molar-refractivity contribution < 1.29 is 5.21 Å². The Hall–Kier alpha value is -0.930. The molecule has 0 aromatic rings. The lowest BCUT2D eigenvalue weighted by atomic mass is 9.91. The molecule has 0 spiro atoms. The third-order valence-electron chi connectivity index (χ3n) is 1.90. The summed E-state index contributed by atoms with van der Waals surface area (Å²) in [5, 5.41) is 14.9. The molecule has 2 N–H and O–H groups in total. The fourth-order valence-electron chi connectivity index (χ4n) is 1.10. The van der Waals surface area contributed by atoms with E-state index in [2.05, 4.69) is 31.2 Å². The van der Waals surface area contributed by atoms with Gasteiger partial charge < -0.3 is 15.4 Å². The molecule has 0 aromatic heterocycles. The Morgan fingerprint density at radius 1 is 1.36 bits per heavy atom. The second kappa shape index (κ2) is 5.73. The maximum Gasteiger partial charge on any atom is 0.235 e. The average molecular weight is 201 g/mol. The van der Waals surface area contributed by atoms with E-state index < -0.39 is 0 Å². The first-order valence-electron chi connectivity index (χ1n) is 5.00. The van der Waals surface area contributed by atoms with Gasteiger partial charge >= 0.3 is 0 Å². The van der Waals surface area contributed by atoms with Gasteiger partial charge in [0, 0.05) is 20.6 Å². The molecule has 4 heteroatoms. The monoisotopic (exact) mass is 201 g/mol. The van der Waals surface area contributed by atoms with Gasteiger partial charge in [-0.2, -0.15) is 0 Å². The summed E-state index contributed by atoms with van der Waals surface area (Å²) >= 11 is 0. The number of nitrogens with one attached hydrogen (secondary N) is 1. The molecule has 0 unspecified atom stereocenters. The fraction of sp³-hybridized carbons (Fsp3) is 0.900. The van der Waals surface area contributed by atoms with E-state index in [1.54, 1.807) is 4.90 Å². The van der Waals surface area contributed by atoms with Crippen molar-refractivity contribution in [2.24, 2.45) is 10.6 Å². The molecule has 0 atom stereocenters. The largest absolute Gasteiger partial charge is 0.408 e.